The summed E-state index contributed by atoms with van der Waals surface area (Å²) in [5.41, 5.74) is 0. The number of rotatable bonds is 10. The summed E-state index contributed by atoms with van der Waals surface area (Å²) in [7, 11) is 0. The van der Waals surface area contributed by atoms with E-state index in [0.717, 1.165) is 25.5 Å². The topological polar surface area (TPSA) is 17.1 Å². The molecular weight excluding hydrogens is 184 g/mol. The minimum absolute atomic E-state index is 0.728. The molecule has 0 atom stereocenters. The van der Waals surface area contributed by atoms with Crippen molar-refractivity contribution >= 4 is 6.29 Å². The van der Waals surface area contributed by atoms with E-state index in [4.69, 9.17) is 0 Å². The molecule has 0 saturated carbocycles. The first kappa shape index (κ1) is 13.9. The molecule has 1 heteroatoms. The molecule has 0 aromatic carbocycles. The SMILES string of the molecule is C=C/C=C/C=C\CCCCCCCC=O. The van der Waals surface area contributed by atoms with Crippen molar-refractivity contribution < 1.29 is 4.79 Å². The van der Waals surface area contributed by atoms with Crippen LogP contribution in [0, 0.1) is 0 Å². The Labute approximate surface area is 93.6 Å². The number of carbonyl (C=O) groups excluding carboxylic acids is 1. The van der Waals surface area contributed by atoms with Crippen LogP contribution in [-0.4, -0.2) is 6.29 Å². The van der Waals surface area contributed by atoms with Crippen LogP contribution in [0.15, 0.2) is 37.0 Å². The first-order valence-electron chi connectivity index (χ1n) is 5.79. The Hall–Kier alpha value is -1.11. The number of unbranched alkanes of at least 4 members (excludes halogenated alkanes) is 6. The average Bonchev–Trinajstić information content (AvgIpc) is 2.26. The maximum Gasteiger partial charge on any atom is 0.119 e. The highest BCUT2D eigenvalue weighted by molar-refractivity contribution is 5.48. The number of hydrogen-bond donors (Lipinski definition) is 0. The molecule has 0 amide bonds. The Morgan fingerprint density at radius 3 is 2.13 bits per heavy atom. The second kappa shape index (κ2) is 12.9. The van der Waals surface area contributed by atoms with Crippen LogP contribution in [0.4, 0.5) is 0 Å². The molecule has 0 aromatic heterocycles. The standard InChI is InChI=1S/C14H22O/c1-2-3-4-5-6-7-8-9-10-11-12-13-14-15/h2-6,14H,1,7-13H2/b4-3+,6-5-. The van der Waals surface area contributed by atoms with Gasteiger partial charge in [0.1, 0.15) is 6.29 Å². The molecule has 0 rings (SSSR count). The van der Waals surface area contributed by atoms with Crippen molar-refractivity contribution in [2.75, 3.05) is 0 Å². The minimum Gasteiger partial charge on any atom is -0.303 e. The van der Waals surface area contributed by atoms with E-state index in [9.17, 15) is 4.79 Å². The molecule has 0 heterocycles. The molecule has 15 heavy (non-hydrogen) atoms. The Kier molecular flexibility index (Phi) is 11.9. The van der Waals surface area contributed by atoms with Crippen molar-refractivity contribution in [2.24, 2.45) is 0 Å². The van der Waals surface area contributed by atoms with Gasteiger partial charge in [0.15, 0.2) is 0 Å². The summed E-state index contributed by atoms with van der Waals surface area (Å²) in [6.07, 6.45) is 18.9. The highest BCUT2D eigenvalue weighted by atomic mass is 16.1. The quantitative estimate of drug-likeness (QED) is 0.297. The third-order valence-electron chi connectivity index (χ3n) is 2.19. The van der Waals surface area contributed by atoms with Crippen molar-refractivity contribution in [1.82, 2.24) is 0 Å². The van der Waals surface area contributed by atoms with Gasteiger partial charge in [-0.05, 0) is 19.3 Å². The second-order valence-corrected chi connectivity index (χ2v) is 3.56. The zero-order valence-corrected chi connectivity index (χ0v) is 9.53. The van der Waals surface area contributed by atoms with E-state index in [0.29, 0.717) is 0 Å². The van der Waals surface area contributed by atoms with Crippen LogP contribution in [0.1, 0.15) is 44.9 Å². The van der Waals surface area contributed by atoms with Crippen LogP contribution >= 0.6 is 0 Å². The van der Waals surface area contributed by atoms with Gasteiger partial charge in [0, 0.05) is 6.42 Å². The van der Waals surface area contributed by atoms with Crippen molar-refractivity contribution in [3.8, 4) is 0 Å². The molecule has 0 aliphatic rings. The molecule has 0 aliphatic heterocycles. The molecular formula is C14H22O. The van der Waals surface area contributed by atoms with E-state index in [-0.39, 0.29) is 0 Å². The third-order valence-corrected chi connectivity index (χ3v) is 2.19. The van der Waals surface area contributed by atoms with E-state index >= 15 is 0 Å². The fraction of sp³-hybridized carbons (Fsp3) is 0.500. The van der Waals surface area contributed by atoms with Crippen molar-refractivity contribution in [1.29, 1.82) is 0 Å². The van der Waals surface area contributed by atoms with Crippen molar-refractivity contribution in [3.05, 3.63) is 37.0 Å². The monoisotopic (exact) mass is 206 g/mol. The first-order valence-corrected chi connectivity index (χ1v) is 5.79. The Bertz CT molecular complexity index is 201. The summed E-state index contributed by atoms with van der Waals surface area (Å²) in [6, 6.07) is 0. The minimum atomic E-state index is 0.728. The van der Waals surface area contributed by atoms with Crippen LogP contribution in [0.5, 0.6) is 0 Å². The zero-order valence-electron chi connectivity index (χ0n) is 9.53. The Morgan fingerprint density at radius 1 is 0.800 bits per heavy atom. The molecule has 0 unspecified atom stereocenters. The maximum absolute atomic E-state index is 10.0. The molecule has 0 aliphatic carbocycles. The van der Waals surface area contributed by atoms with Gasteiger partial charge in [0.05, 0.1) is 0 Å². The van der Waals surface area contributed by atoms with Crippen LogP contribution in [-0.2, 0) is 4.79 Å². The van der Waals surface area contributed by atoms with E-state index < -0.39 is 0 Å². The highest BCUT2D eigenvalue weighted by Crippen LogP contribution is 2.06. The predicted octanol–water partition coefficient (Wildman–Crippen LogP) is 4.21. The van der Waals surface area contributed by atoms with Gasteiger partial charge in [-0.3, -0.25) is 0 Å². The number of aldehydes is 1. The van der Waals surface area contributed by atoms with Gasteiger partial charge in [-0.15, -0.1) is 0 Å². The van der Waals surface area contributed by atoms with E-state index in [1.807, 2.05) is 12.2 Å². The van der Waals surface area contributed by atoms with Gasteiger partial charge >= 0.3 is 0 Å². The molecule has 84 valence electrons. The molecule has 1 nitrogen and oxygen atoms in total. The lowest BCUT2D eigenvalue weighted by Crippen LogP contribution is -1.79. The lowest BCUT2D eigenvalue weighted by atomic mass is 10.1. The number of carbonyl (C=O) groups is 1. The van der Waals surface area contributed by atoms with Crippen LogP contribution in [0.3, 0.4) is 0 Å². The average molecular weight is 206 g/mol. The fourth-order valence-electron chi connectivity index (χ4n) is 1.34. The molecule has 0 spiro atoms. The third kappa shape index (κ3) is 12.9. The summed E-state index contributed by atoms with van der Waals surface area (Å²) in [5.74, 6) is 0. The molecule has 0 radical (unpaired) electrons. The normalized spacial score (nSPS) is 11.2. The van der Waals surface area contributed by atoms with Crippen LogP contribution in [0.25, 0.3) is 0 Å². The smallest absolute Gasteiger partial charge is 0.119 e. The van der Waals surface area contributed by atoms with E-state index in [1.54, 1.807) is 6.08 Å². The van der Waals surface area contributed by atoms with Crippen LogP contribution < -0.4 is 0 Å². The van der Waals surface area contributed by atoms with Gasteiger partial charge in [0.2, 0.25) is 0 Å². The summed E-state index contributed by atoms with van der Waals surface area (Å²) in [6.45, 7) is 3.60. The van der Waals surface area contributed by atoms with Crippen LogP contribution in [0.2, 0.25) is 0 Å². The molecule has 0 bridgehead atoms. The van der Waals surface area contributed by atoms with E-state index in [1.165, 1.54) is 25.7 Å². The molecule has 0 saturated heterocycles. The van der Waals surface area contributed by atoms with Gasteiger partial charge in [-0.2, -0.15) is 0 Å². The number of allylic oxidation sites excluding steroid dienone is 5. The number of hydrogen-bond acceptors (Lipinski definition) is 1. The maximum atomic E-state index is 10.0. The summed E-state index contributed by atoms with van der Waals surface area (Å²) in [4.78, 5) is 10.0. The Balaban J connectivity index is 3.10. The summed E-state index contributed by atoms with van der Waals surface area (Å²) < 4.78 is 0. The van der Waals surface area contributed by atoms with E-state index in [2.05, 4.69) is 18.7 Å². The van der Waals surface area contributed by atoms with Gasteiger partial charge < -0.3 is 4.79 Å². The second-order valence-electron chi connectivity index (χ2n) is 3.56. The largest absolute Gasteiger partial charge is 0.303 e. The molecule has 0 N–H and O–H groups in total. The lowest BCUT2D eigenvalue weighted by molar-refractivity contribution is -0.107. The zero-order chi connectivity index (χ0) is 11.2. The van der Waals surface area contributed by atoms with Crippen molar-refractivity contribution in [3.63, 3.8) is 0 Å². The molecule has 0 fully saturated rings. The van der Waals surface area contributed by atoms with Gasteiger partial charge in [-0.1, -0.05) is 56.2 Å². The van der Waals surface area contributed by atoms with Gasteiger partial charge in [0.25, 0.3) is 0 Å². The summed E-state index contributed by atoms with van der Waals surface area (Å²) in [5, 5.41) is 0. The highest BCUT2D eigenvalue weighted by Gasteiger charge is 1.88. The lowest BCUT2D eigenvalue weighted by Gasteiger charge is -1.96. The van der Waals surface area contributed by atoms with Gasteiger partial charge in [-0.25, -0.2) is 0 Å². The molecule has 0 aromatic rings. The summed E-state index contributed by atoms with van der Waals surface area (Å²) >= 11 is 0. The first-order chi connectivity index (χ1) is 7.41. The fourth-order valence-corrected chi connectivity index (χ4v) is 1.34. The van der Waals surface area contributed by atoms with Crippen molar-refractivity contribution in [2.45, 2.75) is 44.9 Å². The predicted molar refractivity (Wildman–Crippen MR) is 66.9 cm³/mol. The Morgan fingerprint density at radius 2 is 1.47 bits per heavy atom.